The lowest BCUT2D eigenvalue weighted by Crippen LogP contribution is -2.61. The van der Waals surface area contributed by atoms with Gasteiger partial charge in [0.25, 0.3) is 0 Å². The summed E-state index contributed by atoms with van der Waals surface area (Å²) < 4.78 is 5.04. The van der Waals surface area contributed by atoms with Gasteiger partial charge in [-0.1, -0.05) is 13.3 Å². The van der Waals surface area contributed by atoms with Crippen LogP contribution < -0.4 is 10.6 Å². The fraction of sp³-hybridized carbons (Fsp3) is 0.867. The maximum atomic E-state index is 12.1. The number of nitrogens with one attached hydrogen (secondary N) is 2. The predicted octanol–water partition coefficient (Wildman–Crippen LogP) is 2.13. The third-order valence-electron chi connectivity index (χ3n) is 4.26. The molecule has 1 saturated carbocycles. The number of carbonyl (C=O) groups excluding carboxylic acids is 1. The summed E-state index contributed by atoms with van der Waals surface area (Å²) in [6.45, 7) is 6.14. The van der Waals surface area contributed by atoms with Gasteiger partial charge in [-0.05, 0) is 45.4 Å². The molecule has 6 nitrogen and oxygen atoms in total. The molecule has 0 radical (unpaired) electrons. The first-order valence-electron chi connectivity index (χ1n) is 7.57. The topological polar surface area (TPSA) is 87.7 Å². The Labute approximate surface area is 126 Å². The highest BCUT2D eigenvalue weighted by atomic mass is 16.5. The summed E-state index contributed by atoms with van der Waals surface area (Å²) >= 11 is 0. The van der Waals surface area contributed by atoms with Crippen molar-refractivity contribution in [1.82, 2.24) is 10.6 Å². The van der Waals surface area contributed by atoms with E-state index < -0.39 is 23.1 Å². The molecule has 1 aliphatic rings. The van der Waals surface area contributed by atoms with E-state index in [1.807, 2.05) is 13.8 Å². The van der Waals surface area contributed by atoms with Gasteiger partial charge in [-0.3, -0.25) is 0 Å². The molecule has 21 heavy (non-hydrogen) atoms. The standard InChI is InChI=1S/C15H28N2O4/c1-5-11-6-8-15(9-7-11,12(18)19)17-13(20)16-14(2,3)10-21-4/h11H,5-10H2,1-4H3,(H,18,19)(H2,16,17,20). The van der Waals surface area contributed by atoms with E-state index in [0.717, 1.165) is 19.3 Å². The first-order chi connectivity index (χ1) is 9.74. The molecule has 0 aromatic rings. The largest absolute Gasteiger partial charge is 0.480 e. The van der Waals surface area contributed by atoms with E-state index in [0.29, 0.717) is 25.4 Å². The summed E-state index contributed by atoms with van der Waals surface area (Å²) in [7, 11) is 1.56. The SMILES string of the molecule is CCC1CCC(NC(=O)NC(C)(C)COC)(C(=O)O)CC1. The number of methoxy groups -OCH3 is 1. The zero-order valence-corrected chi connectivity index (χ0v) is 13.5. The van der Waals surface area contributed by atoms with E-state index in [-0.39, 0.29) is 0 Å². The highest BCUT2D eigenvalue weighted by Gasteiger charge is 2.43. The van der Waals surface area contributed by atoms with Crippen LogP contribution in [0.2, 0.25) is 0 Å². The Hall–Kier alpha value is -1.30. The second-order valence-electron chi connectivity index (χ2n) is 6.63. The summed E-state index contributed by atoms with van der Waals surface area (Å²) in [5.41, 5.74) is -1.68. The van der Waals surface area contributed by atoms with Crippen molar-refractivity contribution in [2.24, 2.45) is 5.92 Å². The molecule has 6 heteroatoms. The molecule has 0 spiro atoms. The number of rotatable bonds is 6. The molecule has 0 unspecified atom stereocenters. The first kappa shape index (κ1) is 17.8. The Morgan fingerprint density at radius 3 is 2.33 bits per heavy atom. The van der Waals surface area contributed by atoms with E-state index in [4.69, 9.17) is 4.74 Å². The van der Waals surface area contributed by atoms with Gasteiger partial charge in [0.15, 0.2) is 0 Å². The average molecular weight is 300 g/mol. The van der Waals surface area contributed by atoms with Gasteiger partial charge in [-0.2, -0.15) is 0 Å². The number of urea groups is 1. The fourth-order valence-electron chi connectivity index (χ4n) is 2.92. The Bertz CT molecular complexity index is 374. The molecule has 0 saturated heterocycles. The molecular weight excluding hydrogens is 272 g/mol. The van der Waals surface area contributed by atoms with Gasteiger partial charge in [-0.15, -0.1) is 0 Å². The van der Waals surface area contributed by atoms with Gasteiger partial charge in [0, 0.05) is 7.11 Å². The molecule has 122 valence electrons. The third-order valence-corrected chi connectivity index (χ3v) is 4.26. The van der Waals surface area contributed by atoms with Gasteiger partial charge in [0.2, 0.25) is 0 Å². The van der Waals surface area contributed by atoms with Crippen LogP contribution in [0.4, 0.5) is 4.79 Å². The molecule has 0 aliphatic heterocycles. The van der Waals surface area contributed by atoms with Gasteiger partial charge in [0.1, 0.15) is 5.54 Å². The first-order valence-corrected chi connectivity index (χ1v) is 7.57. The molecule has 1 aliphatic carbocycles. The highest BCUT2D eigenvalue weighted by Crippen LogP contribution is 2.34. The molecule has 0 aromatic heterocycles. The van der Waals surface area contributed by atoms with Gasteiger partial charge in [-0.25, -0.2) is 9.59 Å². The number of aliphatic carboxylic acids is 1. The zero-order chi connectivity index (χ0) is 16.1. The van der Waals surface area contributed by atoms with Crippen LogP contribution in [0.25, 0.3) is 0 Å². The van der Waals surface area contributed by atoms with Crippen LogP contribution >= 0.6 is 0 Å². The number of amides is 2. The number of hydrogen-bond donors (Lipinski definition) is 3. The third kappa shape index (κ3) is 4.88. The van der Waals surface area contributed by atoms with Crippen LogP contribution in [-0.4, -0.2) is 41.9 Å². The van der Waals surface area contributed by atoms with Crippen molar-refractivity contribution in [3.05, 3.63) is 0 Å². The number of hydrogen-bond acceptors (Lipinski definition) is 3. The number of carboxylic acid groups (broad SMARTS) is 1. The van der Waals surface area contributed by atoms with Crippen LogP contribution in [0.1, 0.15) is 52.9 Å². The molecule has 0 bridgehead atoms. The molecule has 0 atom stereocenters. The van der Waals surface area contributed by atoms with Crippen molar-refractivity contribution in [3.63, 3.8) is 0 Å². The maximum absolute atomic E-state index is 12.1. The maximum Gasteiger partial charge on any atom is 0.329 e. The Morgan fingerprint density at radius 1 is 1.33 bits per heavy atom. The van der Waals surface area contributed by atoms with E-state index in [1.165, 1.54) is 0 Å². The molecule has 2 amide bonds. The highest BCUT2D eigenvalue weighted by molar-refractivity contribution is 5.86. The second-order valence-corrected chi connectivity index (χ2v) is 6.63. The second kappa shape index (κ2) is 7.11. The van der Waals surface area contributed by atoms with Crippen LogP contribution in [0.5, 0.6) is 0 Å². The number of carbonyl (C=O) groups is 2. The van der Waals surface area contributed by atoms with Gasteiger partial charge >= 0.3 is 12.0 Å². The van der Waals surface area contributed by atoms with Crippen molar-refractivity contribution in [1.29, 1.82) is 0 Å². The summed E-state index contributed by atoms with van der Waals surface area (Å²) in [5.74, 6) is -0.385. The van der Waals surface area contributed by atoms with Crippen LogP contribution in [-0.2, 0) is 9.53 Å². The monoisotopic (exact) mass is 300 g/mol. The zero-order valence-electron chi connectivity index (χ0n) is 13.5. The van der Waals surface area contributed by atoms with Crippen LogP contribution in [0.3, 0.4) is 0 Å². The van der Waals surface area contributed by atoms with E-state index >= 15 is 0 Å². The van der Waals surface area contributed by atoms with Gasteiger partial charge < -0.3 is 20.5 Å². The van der Waals surface area contributed by atoms with E-state index in [1.54, 1.807) is 7.11 Å². The summed E-state index contributed by atoms with van der Waals surface area (Å²) in [6, 6.07) is -0.450. The van der Waals surface area contributed by atoms with Crippen molar-refractivity contribution >= 4 is 12.0 Å². The van der Waals surface area contributed by atoms with Gasteiger partial charge in [0.05, 0.1) is 12.1 Å². The smallest absolute Gasteiger partial charge is 0.329 e. The summed E-state index contributed by atoms with van der Waals surface area (Å²) in [6.07, 6.45) is 3.70. The minimum atomic E-state index is -1.14. The lowest BCUT2D eigenvalue weighted by Gasteiger charge is -2.38. The van der Waals surface area contributed by atoms with Crippen molar-refractivity contribution in [2.75, 3.05) is 13.7 Å². The molecule has 0 aromatic carbocycles. The molecule has 1 fully saturated rings. The lowest BCUT2D eigenvalue weighted by atomic mass is 9.75. The summed E-state index contributed by atoms with van der Waals surface area (Å²) in [4.78, 5) is 23.8. The lowest BCUT2D eigenvalue weighted by molar-refractivity contribution is -0.146. The molecule has 1 rings (SSSR count). The fourth-order valence-corrected chi connectivity index (χ4v) is 2.92. The molecule has 0 heterocycles. The Morgan fingerprint density at radius 2 is 1.90 bits per heavy atom. The van der Waals surface area contributed by atoms with E-state index in [2.05, 4.69) is 17.6 Å². The quantitative estimate of drug-likeness (QED) is 0.701. The van der Waals surface area contributed by atoms with Crippen LogP contribution in [0.15, 0.2) is 0 Å². The minimum absolute atomic E-state index is 0.360. The van der Waals surface area contributed by atoms with Crippen molar-refractivity contribution in [2.45, 2.75) is 64.0 Å². The van der Waals surface area contributed by atoms with Crippen LogP contribution in [0, 0.1) is 5.92 Å². The average Bonchev–Trinajstić information content (AvgIpc) is 2.38. The number of ether oxygens (including phenoxy) is 1. The molecule has 3 N–H and O–H groups in total. The Balaban J connectivity index is 2.67. The van der Waals surface area contributed by atoms with Crippen molar-refractivity contribution in [3.8, 4) is 0 Å². The molecular formula is C15H28N2O4. The van der Waals surface area contributed by atoms with Crippen molar-refractivity contribution < 1.29 is 19.4 Å². The Kier molecular flexibility index (Phi) is 6.01. The minimum Gasteiger partial charge on any atom is -0.480 e. The normalized spacial score (nSPS) is 26.2. The number of carboxylic acids is 1. The predicted molar refractivity (Wildman–Crippen MR) is 80.2 cm³/mol. The summed E-state index contributed by atoms with van der Waals surface area (Å²) in [5, 5.41) is 15.0. The van der Waals surface area contributed by atoms with E-state index in [9.17, 15) is 14.7 Å².